The Kier molecular flexibility index (Phi) is 2.77. The Morgan fingerprint density at radius 2 is 2.15 bits per heavy atom. The van der Waals surface area contributed by atoms with Crippen molar-refractivity contribution in [3.05, 3.63) is 29.8 Å². The van der Waals surface area contributed by atoms with Crippen LogP contribution in [0.5, 0.6) is 0 Å². The summed E-state index contributed by atoms with van der Waals surface area (Å²) < 4.78 is 1.76. The minimum atomic E-state index is -0.537. The molecule has 0 aromatic heterocycles. The van der Waals surface area contributed by atoms with E-state index >= 15 is 0 Å². The van der Waals surface area contributed by atoms with Crippen molar-refractivity contribution < 1.29 is 0 Å². The van der Waals surface area contributed by atoms with Gasteiger partial charge in [-0.15, -0.1) is 4.43 Å². The van der Waals surface area contributed by atoms with Crippen LogP contribution in [0.2, 0.25) is 10.6 Å². The van der Waals surface area contributed by atoms with Gasteiger partial charge in [0.25, 0.3) is 0 Å². The normalized spacial score (nSPS) is 20.5. The monoisotopic (exact) mass is 188 g/mol. The summed E-state index contributed by atoms with van der Waals surface area (Å²) in [5.74, 6) is 0.847. The van der Waals surface area contributed by atoms with Crippen molar-refractivity contribution in [3.8, 4) is 0 Å². The van der Waals surface area contributed by atoms with E-state index in [0.29, 0.717) is 0 Å². The molecule has 1 heterocycles. The van der Waals surface area contributed by atoms with E-state index < -0.39 is 14.1 Å². The summed E-state index contributed by atoms with van der Waals surface area (Å²) in [6, 6.07) is 9.12. The molecule has 0 aliphatic carbocycles. The van der Waals surface area contributed by atoms with Gasteiger partial charge in [0.2, 0.25) is 0 Å². The van der Waals surface area contributed by atoms with Crippen LogP contribution in [0.25, 0.3) is 0 Å². The quantitative estimate of drug-likeness (QED) is 0.626. The van der Waals surface area contributed by atoms with Gasteiger partial charge in [0.1, 0.15) is 0 Å². The molecule has 0 N–H and O–H groups in total. The maximum absolute atomic E-state index is 2.39. The second-order valence-electron chi connectivity index (χ2n) is 4.25. The van der Waals surface area contributed by atoms with E-state index in [-0.39, 0.29) is 0 Å². The molecule has 1 unspecified atom stereocenters. The van der Waals surface area contributed by atoms with Crippen LogP contribution in [0.3, 0.4) is 0 Å². The van der Waals surface area contributed by atoms with Gasteiger partial charge in [0.15, 0.2) is 0 Å². The number of hydrogen-bond donors (Lipinski definition) is 0. The minimum absolute atomic E-state index is 0.537. The Labute approximate surface area is 85.4 Å². The third kappa shape index (κ3) is 1.69. The van der Waals surface area contributed by atoms with Gasteiger partial charge >= 0.3 is 14.1 Å². The minimum Gasteiger partial charge on any atom is -0.107 e. The van der Waals surface area contributed by atoms with Crippen molar-refractivity contribution in [1.82, 2.24) is 0 Å². The van der Waals surface area contributed by atoms with Crippen LogP contribution >= 0.6 is 0 Å². The molecule has 0 saturated carbocycles. The number of hydrogen-bond acceptors (Lipinski definition) is 0. The second-order valence-corrected chi connectivity index (χ2v) is 7.32. The fourth-order valence-electron chi connectivity index (χ4n) is 2.63. The van der Waals surface area contributed by atoms with Gasteiger partial charge in [-0.1, -0.05) is 60.7 Å². The third-order valence-electron chi connectivity index (χ3n) is 3.24. The first-order valence-corrected chi connectivity index (χ1v) is 7.62. The molecule has 13 heavy (non-hydrogen) atoms. The molecule has 0 nitrogen and oxygen atoms in total. The van der Waals surface area contributed by atoms with Crippen molar-refractivity contribution in [2.24, 2.45) is 0 Å². The molecule has 0 bridgehead atoms. The average Bonchev–Trinajstić information content (AvgIpc) is 2.46. The third-order valence-corrected chi connectivity index (χ3v) is 7.20. The molecule has 1 heteroatoms. The number of benzene rings is 1. The van der Waals surface area contributed by atoms with Gasteiger partial charge in [0.05, 0.1) is 0 Å². The standard InChI is InChI=1S/C9H10.C3H7.Al/c1-8(2)9-6-4-3-5-7-9;1-3-2;/h3-6,8H,1H2,2H3;1,3H2,2H3;. The lowest BCUT2D eigenvalue weighted by Gasteiger charge is -2.03. The first-order valence-electron chi connectivity index (χ1n) is 5.41. The van der Waals surface area contributed by atoms with E-state index in [1.54, 1.807) is 9.99 Å². The van der Waals surface area contributed by atoms with Crippen LogP contribution < -0.4 is 4.43 Å². The SMILES string of the molecule is CC[CH2][Al]1[CH2]C(C)c2cccc[c]21. The lowest BCUT2D eigenvalue weighted by molar-refractivity contribution is 0.877. The highest BCUT2D eigenvalue weighted by atomic mass is 27.2. The Bertz CT molecular complexity index is 293. The summed E-state index contributed by atoms with van der Waals surface area (Å²) in [5.41, 5.74) is 1.66. The predicted octanol–water partition coefficient (Wildman–Crippen LogP) is 2.92. The summed E-state index contributed by atoms with van der Waals surface area (Å²) in [5, 5.41) is 3.01. The van der Waals surface area contributed by atoms with E-state index in [1.165, 1.54) is 17.0 Å². The molecule has 0 amide bonds. The molecule has 1 aliphatic heterocycles. The van der Waals surface area contributed by atoms with Gasteiger partial charge in [-0.05, 0) is 5.92 Å². The van der Waals surface area contributed by atoms with Crippen molar-refractivity contribution >= 4 is 18.6 Å². The first-order chi connectivity index (χ1) is 6.33. The maximum Gasteiger partial charge on any atom is 0.306 e. The van der Waals surface area contributed by atoms with Gasteiger partial charge in [-0.3, -0.25) is 0 Å². The smallest absolute Gasteiger partial charge is 0.107 e. The fraction of sp³-hybridized carbons (Fsp3) is 0.500. The molecule has 68 valence electrons. The molecule has 1 aromatic carbocycles. The summed E-state index contributed by atoms with van der Waals surface area (Å²) >= 11 is -0.537. The van der Waals surface area contributed by atoms with Crippen LogP contribution in [-0.2, 0) is 0 Å². The van der Waals surface area contributed by atoms with Gasteiger partial charge < -0.3 is 0 Å². The lowest BCUT2D eigenvalue weighted by Crippen LogP contribution is -2.25. The molecule has 1 aliphatic rings. The molecule has 1 aromatic rings. The van der Waals surface area contributed by atoms with Crippen LogP contribution in [0.4, 0.5) is 0 Å². The van der Waals surface area contributed by atoms with E-state index in [4.69, 9.17) is 0 Å². The van der Waals surface area contributed by atoms with Crippen LogP contribution in [0.15, 0.2) is 24.3 Å². The average molecular weight is 188 g/mol. The maximum atomic E-state index is 2.39. The molecular weight excluding hydrogens is 171 g/mol. The van der Waals surface area contributed by atoms with Gasteiger partial charge in [0, 0.05) is 0 Å². The van der Waals surface area contributed by atoms with E-state index in [9.17, 15) is 0 Å². The molecular formula is C12H17Al. The van der Waals surface area contributed by atoms with E-state index in [2.05, 4.69) is 38.1 Å². The summed E-state index contributed by atoms with van der Waals surface area (Å²) in [7, 11) is 0. The number of fused-ring (bicyclic) bond motifs is 1. The highest BCUT2D eigenvalue weighted by Crippen LogP contribution is 2.28. The zero-order chi connectivity index (χ0) is 9.26. The second kappa shape index (κ2) is 3.86. The Morgan fingerprint density at radius 3 is 2.92 bits per heavy atom. The van der Waals surface area contributed by atoms with Crippen molar-refractivity contribution in [2.75, 3.05) is 0 Å². The molecule has 0 radical (unpaired) electrons. The Morgan fingerprint density at radius 1 is 1.38 bits per heavy atom. The van der Waals surface area contributed by atoms with Crippen molar-refractivity contribution in [2.45, 2.75) is 36.8 Å². The van der Waals surface area contributed by atoms with E-state index in [0.717, 1.165) is 5.92 Å². The topological polar surface area (TPSA) is 0 Å². The first kappa shape index (κ1) is 9.31. The fourth-order valence-corrected chi connectivity index (χ4v) is 6.47. The van der Waals surface area contributed by atoms with Gasteiger partial charge in [-0.25, -0.2) is 0 Å². The highest BCUT2D eigenvalue weighted by Gasteiger charge is 2.31. The lowest BCUT2D eigenvalue weighted by atomic mass is 10.0. The molecule has 0 fully saturated rings. The Balaban J connectivity index is 2.30. The van der Waals surface area contributed by atoms with Crippen molar-refractivity contribution in [1.29, 1.82) is 0 Å². The molecule has 0 spiro atoms. The van der Waals surface area contributed by atoms with Crippen LogP contribution in [0, 0.1) is 0 Å². The van der Waals surface area contributed by atoms with Crippen molar-refractivity contribution in [3.63, 3.8) is 0 Å². The van der Waals surface area contributed by atoms with Crippen LogP contribution in [-0.4, -0.2) is 14.1 Å². The molecule has 0 saturated heterocycles. The summed E-state index contributed by atoms with van der Waals surface area (Å²) in [6.07, 6.45) is 1.37. The summed E-state index contributed by atoms with van der Waals surface area (Å²) in [6.45, 7) is 4.71. The highest BCUT2D eigenvalue weighted by molar-refractivity contribution is 6.75. The van der Waals surface area contributed by atoms with E-state index in [1.807, 2.05) is 0 Å². The number of rotatable bonds is 2. The Hall–Kier alpha value is -0.248. The zero-order valence-corrected chi connectivity index (χ0v) is 9.74. The summed E-state index contributed by atoms with van der Waals surface area (Å²) in [4.78, 5) is 0. The predicted molar refractivity (Wildman–Crippen MR) is 60.2 cm³/mol. The largest absolute Gasteiger partial charge is 0.306 e. The molecule has 1 atom stereocenters. The van der Waals surface area contributed by atoms with Gasteiger partial charge in [-0.2, -0.15) is 0 Å². The zero-order valence-electron chi connectivity index (χ0n) is 8.59. The molecule has 2 rings (SSSR count). The van der Waals surface area contributed by atoms with Crippen LogP contribution in [0.1, 0.15) is 31.7 Å².